The summed E-state index contributed by atoms with van der Waals surface area (Å²) in [6.45, 7) is -1.41. The minimum Gasteiger partial charge on any atom is -0.394 e. The van der Waals surface area contributed by atoms with Gasteiger partial charge in [0, 0.05) is 20.8 Å². The van der Waals surface area contributed by atoms with Gasteiger partial charge in [-0.15, -0.1) is 0 Å². The Morgan fingerprint density at radius 3 is 1.26 bits per heavy atom. The molecule has 0 saturated carbocycles. The van der Waals surface area contributed by atoms with Gasteiger partial charge in [0.05, 0.1) is 45.7 Å². The summed E-state index contributed by atoms with van der Waals surface area (Å²) in [6, 6.07) is -5.23. The number of hydrogen-bond acceptors (Lipinski definition) is 35. The van der Waals surface area contributed by atoms with Gasteiger partial charge in [0.25, 0.3) is 0 Å². The largest absolute Gasteiger partial charge is 0.394 e. The Hall–Kier alpha value is -2.87. The van der Waals surface area contributed by atoms with Gasteiger partial charge in [-0.25, -0.2) is 0 Å². The van der Waals surface area contributed by atoms with Crippen molar-refractivity contribution in [1.29, 1.82) is 0 Å². The van der Waals surface area contributed by atoms with E-state index in [1.54, 1.807) is 0 Å². The molecule has 38 nitrogen and oxygen atoms in total. The highest BCUT2D eigenvalue weighted by Crippen LogP contribution is 2.37. The minimum absolute atomic E-state index is 0.770. The molecule has 0 radical (unpaired) electrons. The molecular formula is C48H81N3O35. The van der Waals surface area contributed by atoms with Crippen molar-refractivity contribution >= 4 is 17.7 Å². The zero-order valence-electron chi connectivity index (χ0n) is 46.5. The van der Waals surface area contributed by atoms with Gasteiger partial charge in [-0.3, -0.25) is 14.4 Å². The van der Waals surface area contributed by atoms with Crippen LogP contribution < -0.4 is 16.0 Å². The average molecular weight is 1260 g/mol. The molecule has 38 heteroatoms. The summed E-state index contributed by atoms with van der Waals surface area (Å²) in [6.07, 6.45) is -61.5. The minimum atomic E-state index is -2.39. The lowest BCUT2D eigenvalue weighted by Gasteiger charge is -2.51. The van der Waals surface area contributed by atoms with Crippen molar-refractivity contribution in [2.75, 3.05) is 39.6 Å². The van der Waals surface area contributed by atoms with Crippen LogP contribution in [0.4, 0.5) is 0 Å². The lowest BCUT2D eigenvalue weighted by molar-refractivity contribution is -0.394. The summed E-state index contributed by atoms with van der Waals surface area (Å²) in [7, 11) is 0. The number of ether oxygens (including phenoxy) is 13. The van der Waals surface area contributed by atoms with Crippen molar-refractivity contribution in [2.45, 2.75) is 242 Å². The number of nitrogens with one attached hydrogen (secondary N) is 3. The summed E-state index contributed by atoms with van der Waals surface area (Å²) in [5, 5.41) is 214. The van der Waals surface area contributed by atoms with Gasteiger partial charge in [0.1, 0.15) is 165 Å². The normalized spacial score (nSPS) is 49.4. The predicted molar refractivity (Wildman–Crippen MR) is 265 cm³/mol. The lowest BCUT2D eigenvalue weighted by atomic mass is 9.93. The zero-order valence-corrected chi connectivity index (χ0v) is 46.5. The van der Waals surface area contributed by atoms with Crippen LogP contribution in [0.2, 0.25) is 0 Å². The maximum Gasteiger partial charge on any atom is 0.217 e. The van der Waals surface area contributed by atoms with Crippen molar-refractivity contribution in [3.63, 3.8) is 0 Å². The van der Waals surface area contributed by atoms with Crippen molar-refractivity contribution in [3.8, 4) is 0 Å². The number of carbonyl (C=O) groups is 3. The van der Waals surface area contributed by atoms with Crippen LogP contribution in [0, 0.1) is 0 Å². The van der Waals surface area contributed by atoms with E-state index in [-0.39, 0.29) is 0 Å². The van der Waals surface area contributed by atoms with E-state index in [2.05, 4.69) is 16.0 Å². The Labute approximate surface area is 488 Å². The average Bonchev–Trinajstić information content (AvgIpc) is 0.919. The van der Waals surface area contributed by atoms with Crippen LogP contribution in [0.15, 0.2) is 0 Å². The standard InChI is InChI=1S/C48H81N3O35/c1-11-24(59)32(67)35(70)45(76-11)75-10-20-39(30(65)21(42(73)77-20)49-12(2)56)83-44-23(51-14(4)58)31(66)38(18(8-55)81-44)84-47-37(72)40(28(63)19(82-47)9-74-46-36(71)33(68)26(61)16(6-53)79-46)85-48-41(34(69)27(62)17(7-54)80-48)86-43-22(50-13(3)57)29(64)25(60)15(5-52)78-43/h11,15-48,52-55,59-73H,5-10H2,1-4H3,(H,49,56)(H,50,57)(H,51,58)/t11-,15+,16+,17+,18+,19+,20+,21+,22+,23+,24+,25+,26+,27+,28+,29+,30+,31+,32+,33-,34-,35-,36-,37-,38+,39+,40-,41-,42?,43?,44-,45+,46?,47?,48?/m0/s1. The van der Waals surface area contributed by atoms with E-state index in [1.165, 1.54) is 6.92 Å². The molecule has 0 aromatic rings. The molecule has 0 aromatic heterocycles. The third-order valence-corrected chi connectivity index (χ3v) is 15.7. The van der Waals surface area contributed by atoms with Crippen LogP contribution in [-0.4, -0.2) is 369 Å². The second kappa shape index (κ2) is 30.5. The first kappa shape index (κ1) is 70.6. The van der Waals surface area contributed by atoms with E-state index < -0.39 is 272 Å². The number of carbonyl (C=O) groups excluding carboxylic acids is 3. The Kier molecular flexibility index (Phi) is 25.0. The molecule has 7 fully saturated rings. The molecule has 0 aliphatic carbocycles. The zero-order chi connectivity index (χ0) is 63.5. The fourth-order valence-corrected chi connectivity index (χ4v) is 10.9. The van der Waals surface area contributed by atoms with Gasteiger partial charge in [0.2, 0.25) is 17.7 Å². The van der Waals surface area contributed by atoms with Gasteiger partial charge in [0.15, 0.2) is 44.0 Å². The summed E-state index contributed by atoms with van der Waals surface area (Å²) < 4.78 is 75.7. The van der Waals surface area contributed by atoms with Crippen molar-refractivity contribution in [3.05, 3.63) is 0 Å². The van der Waals surface area contributed by atoms with Crippen LogP contribution in [0.3, 0.4) is 0 Å². The predicted octanol–water partition coefficient (Wildman–Crippen LogP) is -14.8. The second-order valence-electron chi connectivity index (χ2n) is 21.8. The highest BCUT2D eigenvalue weighted by Gasteiger charge is 2.58. The first-order valence-corrected chi connectivity index (χ1v) is 27.5. The molecule has 5 unspecified atom stereocenters. The molecule has 498 valence electrons. The number of hydrogen-bond donors (Lipinski definition) is 22. The van der Waals surface area contributed by atoms with E-state index in [9.17, 15) is 111 Å². The highest BCUT2D eigenvalue weighted by molar-refractivity contribution is 5.74. The van der Waals surface area contributed by atoms with Gasteiger partial charge in [-0.05, 0) is 6.92 Å². The number of rotatable bonds is 21. The van der Waals surface area contributed by atoms with Gasteiger partial charge >= 0.3 is 0 Å². The lowest BCUT2D eigenvalue weighted by Crippen LogP contribution is -2.70. The molecule has 3 amide bonds. The molecule has 0 bridgehead atoms. The molecule has 35 atom stereocenters. The summed E-state index contributed by atoms with van der Waals surface area (Å²) in [5.74, 6) is -2.49. The van der Waals surface area contributed by atoms with Crippen LogP contribution in [-0.2, 0) is 76.0 Å². The molecule has 7 saturated heterocycles. The highest BCUT2D eigenvalue weighted by atomic mass is 16.8. The maximum absolute atomic E-state index is 12.9. The molecule has 0 spiro atoms. The molecule has 7 aliphatic rings. The van der Waals surface area contributed by atoms with Crippen molar-refractivity contribution < 1.29 is 173 Å². The molecule has 7 heterocycles. The van der Waals surface area contributed by atoms with E-state index in [4.69, 9.17) is 61.6 Å². The van der Waals surface area contributed by atoms with Crippen LogP contribution in [0.5, 0.6) is 0 Å². The smallest absolute Gasteiger partial charge is 0.217 e. The monoisotopic (exact) mass is 1260 g/mol. The van der Waals surface area contributed by atoms with Crippen LogP contribution in [0.1, 0.15) is 27.7 Å². The van der Waals surface area contributed by atoms with Gasteiger partial charge in [-0.1, -0.05) is 0 Å². The Bertz CT molecular complexity index is 2170. The van der Waals surface area contributed by atoms with Crippen molar-refractivity contribution in [1.82, 2.24) is 16.0 Å². The fourth-order valence-electron chi connectivity index (χ4n) is 10.9. The number of aliphatic hydroxyl groups excluding tert-OH is 19. The van der Waals surface area contributed by atoms with Gasteiger partial charge in [-0.2, -0.15) is 0 Å². The van der Waals surface area contributed by atoms with Crippen LogP contribution in [0.25, 0.3) is 0 Å². The second-order valence-corrected chi connectivity index (χ2v) is 21.8. The SMILES string of the molecule is CC(=O)N[C@H]1[C@H](O[C@H]2[C@H](O)[C@@H](NC(C)=O)C(O)O[C@@H]2CO[C@@H]2O[C@@H](C)[C@@H](O)[C@@H](O)[C@@H]2O)O[C@H](CO)[C@@H](OC2O[C@H](COC3O[C@H](CO)[C@@H](O)[C@H](O)[C@@H]3O)[C@@H](O)[C@H](OC3O[C@H](CO)[C@@H](O)[C@H](O)[C@@H]3OC3O[C@H](CO)[C@@H](O)[C@H](O)[C@H]3NC(C)=O)[C@@H]2O)[C@@H]1O. The van der Waals surface area contributed by atoms with E-state index in [0.717, 1.165) is 20.8 Å². The molecule has 7 rings (SSSR count). The third kappa shape index (κ3) is 15.5. The van der Waals surface area contributed by atoms with E-state index in [1.807, 2.05) is 0 Å². The number of aliphatic hydroxyl groups is 19. The Morgan fingerprint density at radius 2 is 0.709 bits per heavy atom. The Morgan fingerprint density at radius 1 is 0.326 bits per heavy atom. The van der Waals surface area contributed by atoms with Gasteiger partial charge < -0.3 is 175 Å². The molecule has 0 aromatic carbocycles. The molecule has 22 N–H and O–H groups in total. The van der Waals surface area contributed by atoms with Crippen LogP contribution >= 0.6 is 0 Å². The first-order valence-electron chi connectivity index (χ1n) is 27.5. The summed E-state index contributed by atoms with van der Waals surface area (Å²) in [5.41, 5.74) is 0. The Balaban J connectivity index is 1.19. The van der Waals surface area contributed by atoms with Crippen molar-refractivity contribution in [2.24, 2.45) is 0 Å². The quantitative estimate of drug-likeness (QED) is 0.0507. The third-order valence-electron chi connectivity index (χ3n) is 15.7. The number of amides is 3. The fraction of sp³-hybridized carbons (Fsp3) is 0.938. The summed E-state index contributed by atoms with van der Waals surface area (Å²) in [4.78, 5) is 37.4. The molecule has 7 aliphatic heterocycles. The topological polar surface area (TPSA) is 592 Å². The van der Waals surface area contributed by atoms with E-state index in [0.29, 0.717) is 0 Å². The first-order chi connectivity index (χ1) is 40.6. The van der Waals surface area contributed by atoms with E-state index >= 15 is 0 Å². The summed E-state index contributed by atoms with van der Waals surface area (Å²) >= 11 is 0. The maximum atomic E-state index is 12.9. The molecule has 86 heavy (non-hydrogen) atoms. The molecular weight excluding hydrogens is 1180 g/mol.